The van der Waals surface area contributed by atoms with Gasteiger partial charge < -0.3 is 0 Å². The quantitative estimate of drug-likeness (QED) is 0.230. The first-order valence-corrected chi connectivity index (χ1v) is 6.93. The molecule has 0 radical (unpaired) electrons. The zero-order valence-corrected chi connectivity index (χ0v) is 12.3. The van der Waals surface area contributed by atoms with Gasteiger partial charge in [-0.15, -0.1) is 0 Å². The standard InChI is InChI=1S/C16H2N2O8/c19-9-3-1-5-6(2-4(3)10(20)14(24)13(9)23)18-8-7(17-5)11(21)15(25)16(26)12(8)22/h1-2H. The van der Waals surface area contributed by atoms with Crippen LogP contribution in [0.1, 0.15) is 0 Å². The summed E-state index contributed by atoms with van der Waals surface area (Å²) >= 11 is 0. The van der Waals surface area contributed by atoms with Gasteiger partial charge in [-0.2, -0.15) is 0 Å². The molecule has 0 N–H and O–H groups in total. The maximum Gasteiger partial charge on any atom is 0.279 e. The third-order valence-corrected chi connectivity index (χ3v) is 3.96. The predicted octanol–water partition coefficient (Wildman–Crippen LogP) is -3.43. The molecule has 0 spiro atoms. The van der Waals surface area contributed by atoms with Crippen LogP contribution in [0.2, 0.25) is 0 Å². The third-order valence-electron chi connectivity index (χ3n) is 3.96. The minimum absolute atomic E-state index is 0.172. The molecule has 3 aromatic carbocycles. The Morgan fingerprint density at radius 2 is 0.731 bits per heavy atom. The molecule has 0 amide bonds. The molecule has 0 bridgehead atoms. The average molecular weight is 350 g/mol. The fraction of sp³-hybridized carbons (Fsp3) is 0. The van der Waals surface area contributed by atoms with Crippen molar-refractivity contribution in [2.45, 2.75) is 0 Å². The van der Waals surface area contributed by atoms with Crippen LogP contribution in [-0.2, 0) is 0 Å². The number of hydrogen-bond acceptors (Lipinski definition) is 10. The summed E-state index contributed by atoms with van der Waals surface area (Å²) in [5.41, 5.74) is -12.9. The van der Waals surface area contributed by atoms with E-state index in [1.807, 2.05) is 0 Å². The van der Waals surface area contributed by atoms with Gasteiger partial charge in [-0.25, -0.2) is 9.97 Å². The fourth-order valence-electron chi connectivity index (χ4n) is 2.67. The van der Waals surface area contributed by atoms with Crippen molar-refractivity contribution >= 4 is 32.8 Å². The Hall–Kier alpha value is -4.08. The highest BCUT2D eigenvalue weighted by Crippen LogP contribution is 2.15. The monoisotopic (exact) mass is 350 g/mol. The lowest BCUT2D eigenvalue weighted by Gasteiger charge is -2.00. The van der Waals surface area contributed by atoms with Crippen LogP contribution < -0.4 is 43.4 Å². The molecule has 1 heterocycles. The van der Waals surface area contributed by atoms with E-state index in [1.54, 1.807) is 0 Å². The zero-order valence-electron chi connectivity index (χ0n) is 12.3. The molecular weight excluding hydrogens is 348 g/mol. The number of nitrogens with zero attached hydrogens (tertiary/aromatic N) is 2. The van der Waals surface area contributed by atoms with Crippen molar-refractivity contribution < 1.29 is 0 Å². The molecule has 10 heteroatoms. The van der Waals surface area contributed by atoms with E-state index in [4.69, 9.17) is 0 Å². The normalized spacial score (nSPS) is 11.5. The maximum absolute atomic E-state index is 11.9. The summed E-state index contributed by atoms with van der Waals surface area (Å²) in [5, 5.41) is -0.809. The molecule has 0 atom stereocenters. The van der Waals surface area contributed by atoms with E-state index in [1.165, 1.54) is 0 Å². The number of rotatable bonds is 0. The van der Waals surface area contributed by atoms with Gasteiger partial charge in [0.05, 0.1) is 11.0 Å². The molecule has 0 aliphatic carbocycles. The Kier molecular flexibility index (Phi) is 2.81. The van der Waals surface area contributed by atoms with Crippen molar-refractivity contribution in [2.24, 2.45) is 0 Å². The second kappa shape index (κ2) is 4.72. The molecule has 124 valence electrons. The van der Waals surface area contributed by atoms with Crippen molar-refractivity contribution in [1.29, 1.82) is 0 Å². The molecule has 10 nitrogen and oxygen atoms in total. The van der Waals surface area contributed by atoms with Crippen molar-refractivity contribution in [3.63, 3.8) is 0 Å². The van der Waals surface area contributed by atoms with Crippen LogP contribution in [-0.4, -0.2) is 9.97 Å². The first-order chi connectivity index (χ1) is 12.2. The van der Waals surface area contributed by atoms with Crippen LogP contribution in [0.3, 0.4) is 0 Å². The van der Waals surface area contributed by atoms with Gasteiger partial charge in [-0.1, -0.05) is 0 Å². The molecule has 0 fully saturated rings. The summed E-state index contributed by atoms with van der Waals surface area (Å²) < 4.78 is 0. The highest BCUT2D eigenvalue weighted by atomic mass is 16.2. The van der Waals surface area contributed by atoms with Crippen molar-refractivity contribution in [2.75, 3.05) is 0 Å². The summed E-state index contributed by atoms with van der Waals surface area (Å²) in [5.74, 6) is 0. The number of hydrogen-bond donors (Lipinski definition) is 0. The van der Waals surface area contributed by atoms with Crippen LogP contribution in [0.25, 0.3) is 32.8 Å². The maximum atomic E-state index is 11.9. The lowest BCUT2D eigenvalue weighted by atomic mass is 10.1. The van der Waals surface area contributed by atoms with Gasteiger partial charge in [0.1, 0.15) is 11.0 Å². The molecular formula is C16H2N2O8. The fourth-order valence-corrected chi connectivity index (χ4v) is 2.67. The Bertz CT molecular complexity index is 1480. The molecule has 1 aromatic heterocycles. The highest BCUT2D eigenvalue weighted by molar-refractivity contribution is 5.97. The van der Waals surface area contributed by atoms with E-state index in [9.17, 15) is 38.4 Å². The van der Waals surface area contributed by atoms with Crippen LogP contribution in [0.5, 0.6) is 0 Å². The molecule has 0 unspecified atom stereocenters. The van der Waals surface area contributed by atoms with E-state index in [-0.39, 0.29) is 11.0 Å². The summed E-state index contributed by atoms with van der Waals surface area (Å²) in [4.78, 5) is 101. The first-order valence-electron chi connectivity index (χ1n) is 6.93. The van der Waals surface area contributed by atoms with Gasteiger partial charge in [-0.05, 0) is 12.1 Å². The highest BCUT2D eigenvalue weighted by Gasteiger charge is 2.18. The number of benzene rings is 3. The molecule has 0 aliphatic rings. The predicted molar refractivity (Wildman–Crippen MR) is 89.5 cm³/mol. The van der Waals surface area contributed by atoms with Gasteiger partial charge in [0.2, 0.25) is 10.9 Å². The molecule has 0 saturated heterocycles. The molecule has 26 heavy (non-hydrogen) atoms. The first kappa shape index (κ1) is 15.4. The number of aromatic nitrogens is 2. The van der Waals surface area contributed by atoms with Gasteiger partial charge in [0.15, 0.2) is 0 Å². The van der Waals surface area contributed by atoms with Gasteiger partial charge in [0, 0.05) is 10.8 Å². The lowest BCUT2D eigenvalue weighted by Crippen LogP contribution is -2.47. The Morgan fingerprint density at radius 3 is 1.08 bits per heavy atom. The second-order valence-electron chi connectivity index (χ2n) is 5.44. The minimum atomic E-state index is -1.55. The zero-order chi connectivity index (χ0) is 18.9. The third kappa shape index (κ3) is 1.75. The van der Waals surface area contributed by atoms with Crippen LogP contribution in [0.15, 0.2) is 50.5 Å². The van der Waals surface area contributed by atoms with Crippen molar-refractivity contribution in [3.8, 4) is 0 Å². The smallest absolute Gasteiger partial charge is 0.279 e. The van der Waals surface area contributed by atoms with E-state index in [0.717, 1.165) is 12.1 Å². The van der Waals surface area contributed by atoms with Crippen LogP contribution >= 0.6 is 0 Å². The van der Waals surface area contributed by atoms with E-state index >= 15 is 0 Å². The number of fused-ring (bicyclic) bond motifs is 3. The van der Waals surface area contributed by atoms with E-state index < -0.39 is 65.2 Å². The van der Waals surface area contributed by atoms with Gasteiger partial charge in [0.25, 0.3) is 32.6 Å². The van der Waals surface area contributed by atoms with Crippen LogP contribution in [0, 0.1) is 0 Å². The topological polar surface area (TPSA) is 162 Å². The van der Waals surface area contributed by atoms with Crippen molar-refractivity contribution in [1.82, 2.24) is 9.97 Å². The largest absolute Gasteiger partial charge is 0.285 e. The lowest BCUT2D eigenvalue weighted by molar-refractivity contribution is 1.30. The minimum Gasteiger partial charge on any atom is -0.285 e. The summed E-state index contributed by atoms with van der Waals surface area (Å²) in [7, 11) is 0. The van der Waals surface area contributed by atoms with Gasteiger partial charge >= 0.3 is 0 Å². The summed E-state index contributed by atoms with van der Waals surface area (Å²) in [6.45, 7) is 0. The second-order valence-corrected chi connectivity index (χ2v) is 5.44. The Morgan fingerprint density at radius 1 is 0.423 bits per heavy atom. The molecule has 4 aromatic rings. The van der Waals surface area contributed by atoms with E-state index in [0.29, 0.717) is 0 Å². The average Bonchev–Trinajstić information content (AvgIpc) is 2.65. The Balaban J connectivity index is 2.39. The molecule has 0 saturated carbocycles. The summed E-state index contributed by atoms with van der Waals surface area (Å²) in [6.07, 6.45) is 0. The van der Waals surface area contributed by atoms with Gasteiger partial charge in [-0.3, -0.25) is 38.4 Å². The van der Waals surface area contributed by atoms with Crippen molar-refractivity contribution in [3.05, 3.63) is 93.9 Å². The summed E-state index contributed by atoms with van der Waals surface area (Å²) in [6, 6.07) is 1.92. The SMILES string of the molecule is O=c1c(=O)c(=O)c2cc3nc4c(=O)c(=O)c(=O)c(=O)c4nc3cc2c1=O. The molecule has 0 aliphatic heterocycles. The van der Waals surface area contributed by atoms with E-state index in [2.05, 4.69) is 9.97 Å². The van der Waals surface area contributed by atoms with Crippen LogP contribution in [0.4, 0.5) is 0 Å². The Labute approximate surface area is 137 Å². The molecule has 4 rings (SSSR count).